The second-order valence-corrected chi connectivity index (χ2v) is 2.06. The van der Waals surface area contributed by atoms with Gasteiger partial charge in [0.15, 0.2) is 0 Å². The smallest absolute Gasteiger partial charge is 0.117 e. The van der Waals surface area contributed by atoms with Gasteiger partial charge in [-0.25, -0.2) is 0 Å². The zero-order valence-electron chi connectivity index (χ0n) is 7.27. The van der Waals surface area contributed by atoms with Crippen molar-refractivity contribution in [1.29, 1.82) is 0 Å². The number of rotatable bonds is 3. The van der Waals surface area contributed by atoms with Crippen LogP contribution in [0.1, 0.15) is 27.7 Å². The van der Waals surface area contributed by atoms with Crippen LogP contribution in [0.15, 0.2) is 23.5 Å². The van der Waals surface area contributed by atoms with E-state index in [2.05, 4.69) is 0 Å². The molecule has 0 aromatic rings. The van der Waals surface area contributed by atoms with Gasteiger partial charge >= 0.3 is 0 Å². The Labute approximate surface area is 63.4 Å². The van der Waals surface area contributed by atoms with Crippen molar-refractivity contribution in [2.24, 2.45) is 0 Å². The summed E-state index contributed by atoms with van der Waals surface area (Å²) in [6.45, 7) is 8.78. The Kier molecular flexibility index (Phi) is 4.73. The highest BCUT2D eigenvalue weighted by molar-refractivity contribution is 5.22. The molecule has 58 valence electrons. The van der Waals surface area contributed by atoms with Crippen molar-refractivity contribution in [3.8, 4) is 0 Å². The first-order chi connectivity index (χ1) is 4.76. The summed E-state index contributed by atoms with van der Waals surface area (Å²) in [6, 6.07) is 0. The van der Waals surface area contributed by atoms with E-state index in [1.54, 1.807) is 0 Å². The first-order valence-electron chi connectivity index (χ1n) is 3.68. The van der Waals surface area contributed by atoms with E-state index in [0.29, 0.717) is 0 Å². The zero-order valence-corrected chi connectivity index (χ0v) is 7.27. The maximum absolute atomic E-state index is 5.34. The molecule has 0 radical (unpaired) electrons. The summed E-state index contributed by atoms with van der Waals surface area (Å²) in [7, 11) is 0. The monoisotopic (exact) mass is 140 g/mol. The molecule has 0 aliphatic rings. The van der Waals surface area contributed by atoms with Gasteiger partial charge in [-0.3, -0.25) is 0 Å². The van der Waals surface area contributed by atoms with Crippen molar-refractivity contribution in [1.82, 2.24) is 0 Å². The lowest BCUT2D eigenvalue weighted by Crippen LogP contribution is -1.91. The molecular formula is C9H16O. The Hall–Kier alpha value is -0.720. The molecule has 10 heavy (non-hydrogen) atoms. The number of ether oxygens (including phenoxy) is 1. The average Bonchev–Trinajstić information content (AvgIpc) is 1.99. The molecule has 0 unspecified atom stereocenters. The fourth-order valence-electron chi connectivity index (χ4n) is 0.723. The van der Waals surface area contributed by atoms with Crippen LogP contribution in [-0.4, -0.2) is 6.61 Å². The summed E-state index contributed by atoms with van der Waals surface area (Å²) >= 11 is 0. The van der Waals surface area contributed by atoms with Gasteiger partial charge in [0.2, 0.25) is 0 Å². The highest BCUT2D eigenvalue weighted by Gasteiger charge is 1.94. The van der Waals surface area contributed by atoms with Crippen LogP contribution in [-0.2, 0) is 4.74 Å². The van der Waals surface area contributed by atoms with E-state index in [9.17, 15) is 0 Å². The minimum absolute atomic E-state index is 0.741. The summed E-state index contributed by atoms with van der Waals surface area (Å²) in [4.78, 5) is 0. The Bertz CT molecular complexity index is 143. The van der Waals surface area contributed by atoms with Gasteiger partial charge in [-0.1, -0.05) is 6.08 Å². The molecule has 0 bridgehead atoms. The van der Waals surface area contributed by atoms with Crippen LogP contribution in [0.25, 0.3) is 0 Å². The molecule has 0 rings (SSSR count). The second kappa shape index (κ2) is 5.10. The first kappa shape index (κ1) is 9.28. The Morgan fingerprint density at radius 1 is 1.30 bits per heavy atom. The van der Waals surface area contributed by atoms with Gasteiger partial charge in [-0.05, 0) is 39.3 Å². The summed E-state index contributed by atoms with van der Waals surface area (Å²) in [6.07, 6.45) is 4.03. The van der Waals surface area contributed by atoms with E-state index in [-0.39, 0.29) is 0 Å². The predicted octanol–water partition coefficient (Wildman–Crippen LogP) is 2.89. The fourth-order valence-corrected chi connectivity index (χ4v) is 0.723. The van der Waals surface area contributed by atoms with Gasteiger partial charge in [-0.2, -0.15) is 0 Å². The normalized spacial score (nSPS) is 13.6. The molecule has 1 heteroatoms. The summed E-state index contributed by atoms with van der Waals surface area (Å²) in [5, 5.41) is 0. The average molecular weight is 140 g/mol. The highest BCUT2D eigenvalue weighted by Crippen LogP contribution is 2.09. The highest BCUT2D eigenvalue weighted by atomic mass is 16.5. The fraction of sp³-hybridized carbons (Fsp3) is 0.556. The Morgan fingerprint density at radius 3 is 2.20 bits per heavy atom. The van der Waals surface area contributed by atoms with Crippen LogP contribution in [0.3, 0.4) is 0 Å². The molecular weight excluding hydrogens is 124 g/mol. The minimum Gasteiger partial charge on any atom is -0.494 e. The lowest BCUT2D eigenvalue weighted by Gasteiger charge is -2.06. The molecule has 0 N–H and O–H groups in total. The largest absolute Gasteiger partial charge is 0.494 e. The molecule has 0 heterocycles. The standard InChI is InChI=1S/C9H16O/c1-5-8(4)9(6-2)10-7-3/h5-6H,7H2,1-4H3/b8-5-,9-6+. The van der Waals surface area contributed by atoms with Gasteiger partial charge < -0.3 is 4.74 Å². The number of allylic oxidation sites excluding steroid dienone is 3. The summed E-state index contributed by atoms with van der Waals surface area (Å²) in [5.41, 5.74) is 1.20. The lowest BCUT2D eigenvalue weighted by atomic mass is 10.2. The van der Waals surface area contributed by atoms with E-state index in [0.717, 1.165) is 12.4 Å². The molecule has 1 nitrogen and oxygen atoms in total. The maximum Gasteiger partial charge on any atom is 0.117 e. The molecule has 0 atom stereocenters. The molecule has 0 fully saturated rings. The van der Waals surface area contributed by atoms with Gasteiger partial charge in [0.05, 0.1) is 6.61 Å². The predicted molar refractivity (Wildman–Crippen MR) is 44.8 cm³/mol. The maximum atomic E-state index is 5.34. The van der Waals surface area contributed by atoms with Gasteiger partial charge in [-0.15, -0.1) is 0 Å². The molecule has 0 aliphatic carbocycles. The number of hydrogen-bond donors (Lipinski definition) is 0. The molecule has 0 amide bonds. The van der Waals surface area contributed by atoms with E-state index in [4.69, 9.17) is 4.74 Å². The van der Waals surface area contributed by atoms with Crippen molar-refractivity contribution in [2.45, 2.75) is 27.7 Å². The van der Waals surface area contributed by atoms with E-state index >= 15 is 0 Å². The summed E-state index contributed by atoms with van der Waals surface area (Å²) in [5.74, 6) is 0.991. The quantitative estimate of drug-likeness (QED) is 0.432. The van der Waals surface area contributed by atoms with E-state index in [1.165, 1.54) is 5.57 Å². The van der Waals surface area contributed by atoms with Gasteiger partial charge in [0.25, 0.3) is 0 Å². The molecule has 0 aromatic heterocycles. The molecule has 0 aliphatic heterocycles. The van der Waals surface area contributed by atoms with E-state index < -0.39 is 0 Å². The Morgan fingerprint density at radius 2 is 1.90 bits per heavy atom. The van der Waals surface area contributed by atoms with Crippen LogP contribution < -0.4 is 0 Å². The molecule has 0 spiro atoms. The van der Waals surface area contributed by atoms with Crippen LogP contribution in [0.4, 0.5) is 0 Å². The SMILES string of the molecule is C/C=C(C)\C(=C/C)OCC. The third-order valence-electron chi connectivity index (χ3n) is 1.38. The lowest BCUT2D eigenvalue weighted by molar-refractivity contribution is 0.237. The van der Waals surface area contributed by atoms with Crippen LogP contribution in [0.2, 0.25) is 0 Å². The van der Waals surface area contributed by atoms with Crippen LogP contribution in [0.5, 0.6) is 0 Å². The van der Waals surface area contributed by atoms with Gasteiger partial charge in [0.1, 0.15) is 5.76 Å². The van der Waals surface area contributed by atoms with E-state index in [1.807, 2.05) is 39.8 Å². The molecule has 0 aromatic carbocycles. The van der Waals surface area contributed by atoms with Crippen molar-refractivity contribution in [3.63, 3.8) is 0 Å². The Balaban J connectivity index is 4.09. The van der Waals surface area contributed by atoms with Crippen molar-refractivity contribution < 1.29 is 4.74 Å². The van der Waals surface area contributed by atoms with Crippen molar-refractivity contribution >= 4 is 0 Å². The number of hydrogen-bond acceptors (Lipinski definition) is 1. The van der Waals surface area contributed by atoms with Crippen LogP contribution >= 0.6 is 0 Å². The third kappa shape index (κ3) is 2.72. The first-order valence-corrected chi connectivity index (χ1v) is 3.68. The van der Waals surface area contributed by atoms with Crippen LogP contribution in [0, 0.1) is 0 Å². The van der Waals surface area contributed by atoms with Gasteiger partial charge in [0, 0.05) is 0 Å². The van der Waals surface area contributed by atoms with Crippen molar-refractivity contribution in [2.75, 3.05) is 6.61 Å². The minimum atomic E-state index is 0.741. The third-order valence-corrected chi connectivity index (χ3v) is 1.38. The summed E-state index contributed by atoms with van der Waals surface area (Å²) < 4.78 is 5.34. The second-order valence-electron chi connectivity index (χ2n) is 2.06. The van der Waals surface area contributed by atoms with Crippen molar-refractivity contribution in [3.05, 3.63) is 23.5 Å². The zero-order chi connectivity index (χ0) is 7.98. The molecule has 0 saturated carbocycles. The topological polar surface area (TPSA) is 9.23 Å². The molecule has 0 saturated heterocycles.